The molecule has 0 spiro atoms. The molecule has 0 aliphatic rings. The smallest absolute Gasteiger partial charge is 0.406 e. The number of hydrogen-bond acceptors (Lipinski definition) is 2. The summed E-state index contributed by atoms with van der Waals surface area (Å²) in [4.78, 5) is 1.86. The lowest BCUT2D eigenvalue weighted by Gasteiger charge is -2.14. The third kappa shape index (κ3) is 4.91. The summed E-state index contributed by atoms with van der Waals surface area (Å²) in [5.74, 6) is -0.216. The Balaban J connectivity index is 3.01. The van der Waals surface area contributed by atoms with E-state index in [1.807, 2.05) is 19.0 Å². The van der Waals surface area contributed by atoms with Crippen molar-refractivity contribution >= 4 is 6.08 Å². The van der Waals surface area contributed by atoms with E-state index in [0.717, 1.165) is 5.56 Å². The Hall–Kier alpha value is -1.49. The third-order valence-corrected chi connectivity index (χ3v) is 1.96. The second-order valence-electron chi connectivity index (χ2n) is 3.90. The fourth-order valence-electron chi connectivity index (χ4n) is 1.45. The summed E-state index contributed by atoms with van der Waals surface area (Å²) in [5, 5.41) is 0. The Kier molecular flexibility index (Phi) is 4.17. The summed E-state index contributed by atoms with van der Waals surface area (Å²) in [7, 11) is 3.68. The standard InChI is InChI=1S/C12H14F3NO/c1-4-9-5-10(8-16(2)3)7-11(6-9)17-12(13,14)15/h4-7H,1,8H2,2-3H3. The molecule has 0 saturated heterocycles. The van der Waals surface area contributed by atoms with Crippen LogP contribution in [0.3, 0.4) is 0 Å². The first-order valence-electron chi connectivity index (χ1n) is 4.97. The molecular weight excluding hydrogens is 231 g/mol. The van der Waals surface area contributed by atoms with Crippen LogP contribution in [0.4, 0.5) is 13.2 Å². The Bertz CT molecular complexity index is 399. The number of rotatable bonds is 4. The molecule has 2 nitrogen and oxygen atoms in total. The van der Waals surface area contributed by atoms with Crippen molar-refractivity contribution in [1.82, 2.24) is 4.90 Å². The van der Waals surface area contributed by atoms with Crippen LogP contribution in [0.15, 0.2) is 24.8 Å². The lowest BCUT2D eigenvalue weighted by molar-refractivity contribution is -0.274. The Morgan fingerprint density at radius 1 is 1.29 bits per heavy atom. The molecule has 17 heavy (non-hydrogen) atoms. The third-order valence-electron chi connectivity index (χ3n) is 1.96. The van der Waals surface area contributed by atoms with Crippen LogP contribution >= 0.6 is 0 Å². The molecule has 0 atom stereocenters. The lowest BCUT2D eigenvalue weighted by Crippen LogP contribution is -2.17. The maximum absolute atomic E-state index is 12.1. The summed E-state index contributed by atoms with van der Waals surface area (Å²) in [6.07, 6.45) is -3.18. The number of halogens is 3. The van der Waals surface area contributed by atoms with E-state index in [0.29, 0.717) is 12.1 Å². The van der Waals surface area contributed by atoms with Gasteiger partial charge in [-0.3, -0.25) is 0 Å². The summed E-state index contributed by atoms with van der Waals surface area (Å²) in [5.41, 5.74) is 1.34. The van der Waals surface area contributed by atoms with Crippen molar-refractivity contribution in [2.24, 2.45) is 0 Å². The van der Waals surface area contributed by atoms with Gasteiger partial charge in [0.05, 0.1) is 0 Å². The number of nitrogens with zero attached hydrogens (tertiary/aromatic N) is 1. The number of hydrogen-bond donors (Lipinski definition) is 0. The van der Waals surface area contributed by atoms with Gasteiger partial charge in [0.25, 0.3) is 0 Å². The van der Waals surface area contributed by atoms with Gasteiger partial charge in [0, 0.05) is 6.54 Å². The highest BCUT2D eigenvalue weighted by Crippen LogP contribution is 2.25. The average molecular weight is 245 g/mol. The van der Waals surface area contributed by atoms with Crippen molar-refractivity contribution in [3.05, 3.63) is 35.9 Å². The molecule has 1 rings (SSSR count). The van der Waals surface area contributed by atoms with Crippen molar-refractivity contribution in [2.45, 2.75) is 12.9 Å². The van der Waals surface area contributed by atoms with Crippen LogP contribution in [0.2, 0.25) is 0 Å². The minimum absolute atomic E-state index is 0.216. The van der Waals surface area contributed by atoms with Crippen LogP contribution in [0.5, 0.6) is 5.75 Å². The first-order chi connectivity index (χ1) is 7.80. The zero-order valence-corrected chi connectivity index (χ0v) is 9.71. The lowest BCUT2D eigenvalue weighted by atomic mass is 10.1. The number of benzene rings is 1. The molecule has 1 aromatic rings. The zero-order chi connectivity index (χ0) is 13.1. The van der Waals surface area contributed by atoms with Crippen molar-refractivity contribution in [3.8, 4) is 5.75 Å². The van der Waals surface area contributed by atoms with Gasteiger partial charge in [-0.05, 0) is 37.4 Å². The molecule has 0 N–H and O–H groups in total. The molecule has 0 aromatic heterocycles. The molecule has 5 heteroatoms. The molecule has 0 aliphatic heterocycles. The largest absolute Gasteiger partial charge is 0.573 e. The normalized spacial score (nSPS) is 11.6. The monoisotopic (exact) mass is 245 g/mol. The van der Waals surface area contributed by atoms with E-state index in [9.17, 15) is 13.2 Å². The van der Waals surface area contributed by atoms with E-state index < -0.39 is 6.36 Å². The maximum atomic E-state index is 12.1. The van der Waals surface area contributed by atoms with Gasteiger partial charge in [0.1, 0.15) is 5.75 Å². The molecule has 0 amide bonds. The van der Waals surface area contributed by atoms with Crippen LogP contribution in [0.1, 0.15) is 11.1 Å². The van der Waals surface area contributed by atoms with Crippen molar-refractivity contribution in [3.63, 3.8) is 0 Å². The van der Waals surface area contributed by atoms with Gasteiger partial charge in [-0.25, -0.2) is 0 Å². The number of ether oxygens (including phenoxy) is 1. The zero-order valence-electron chi connectivity index (χ0n) is 9.71. The minimum atomic E-state index is -4.67. The van der Waals surface area contributed by atoms with Crippen LogP contribution in [-0.4, -0.2) is 25.4 Å². The highest BCUT2D eigenvalue weighted by molar-refractivity contribution is 5.51. The second kappa shape index (κ2) is 5.23. The second-order valence-corrected chi connectivity index (χ2v) is 3.90. The maximum Gasteiger partial charge on any atom is 0.573 e. The molecule has 0 saturated carbocycles. The molecule has 0 fully saturated rings. The summed E-state index contributed by atoms with van der Waals surface area (Å²) < 4.78 is 40.2. The quantitative estimate of drug-likeness (QED) is 0.807. The van der Waals surface area contributed by atoms with Gasteiger partial charge in [0.2, 0.25) is 0 Å². The minimum Gasteiger partial charge on any atom is -0.406 e. The van der Waals surface area contributed by atoms with Crippen LogP contribution in [-0.2, 0) is 6.54 Å². The van der Waals surface area contributed by atoms with E-state index in [4.69, 9.17) is 0 Å². The van der Waals surface area contributed by atoms with E-state index in [2.05, 4.69) is 11.3 Å². The summed E-state index contributed by atoms with van der Waals surface area (Å²) in [6, 6.07) is 4.45. The highest BCUT2D eigenvalue weighted by atomic mass is 19.4. The van der Waals surface area contributed by atoms with Crippen molar-refractivity contribution in [1.29, 1.82) is 0 Å². The molecule has 0 bridgehead atoms. The predicted octanol–water partition coefficient (Wildman–Crippen LogP) is 3.29. The molecule has 0 unspecified atom stereocenters. The van der Waals surface area contributed by atoms with Crippen LogP contribution < -0.4 is 4.74 Å². The first kappa shape index (κ1) is 13.6. The van der Waals surface area contributed by atoms with Gasteiger partial charge < -0.3 is 9.64 Å². The molecule has 1 aromatic carbocycles. The Morgan fingerprint density at radius 2 is 1.94 bits per heavy atom. The SMILES string of the molecule is C=Cc1cc(CN(C)C)cc(OC(F)(F)F)c1. The Labute approximate surface area is 98.3 Å². The van der Waals surface area contributed by atoms with E-state index in [-0.39, 0.29) is 5.75 Å². The van der Waals surface area contributed by atoms with Gasteiger partial charge in [-0.15, -0.1) is 13.2 Å². The molecule has 0 aliphatic carbocycles. The summed E-state index contributed by atoms with van der Waals surface area (Å²) >= 11 is 0. The van der Waals surface area contributed by atoms with Gasteiger partial charge in [0.15, 0.2) is 0 Å². The molecule has 0 radical (unpaired) electrons. The number of alkyl halides is 3. The van der Waals surface area contributed by atoms with Crippen LogP contribution in [0.25, 0.3) is 6.08 Å². The van der Waals surface area contributed by atoms with Gasteiger partial charge in [-0.2, -0.15) is 0 Å². The summed E-state index contributed by atoms with van der Waals surface area (Å²) in [6.45, 7) is 4.08. The average Bonchev–Trinajstić information content (AvgIpc) is 2.13. The van der Waals surface area contributed by atoms with Gasteiger partial charge in [-0.1, -0.05) is 18.7 Å². The first-order valence-corrected chi connectivity index (χ1v) is 4.97. The van der Waals surface area contributed by atoms with E-state index in [1.54, 1.807) is 6.07 Å². The fraction of sp³-hybridized carbons (Fsp3) is 0.333. The van der Waals surface area contributed by atoms with E-state index in [1.165, 1.54) is 18.2 Å². The van der Waals surface area contributed by atoms with Crippen LogP contribution in [0, 0.1) is 0 Å². The van der Waals surface area contributed by atoms with Gasteiger partial charge >= 0.3 is 6.36 Å². The molecule has 0 heterocycles. The molecular formula is C12H14F3NO. The van der Waals surface area contributed by atoms with E-state index >= 15 is 0 Å². The van der Waals surface area contributed by atoms with Crippen molar-refractivity contribution < 1.29 is 17.9 Å². The fourth-order valence-corrected chi connectivity index (χ4v) is 1.45. The highest BCUT2D eigenvalue weighted by Gasteiger charge is 2.31. The molecule has 94 valence electrons. The predicted molar refractivity (Wildman–Crippen MR) is 60.6 cm³/mol. The Morgan fingerprint density at radius 3 is 2.41 bits per heavy atom. The topological polar surface area (TPSA) is 12.5 Å². The van der Waals surface area contributed by atoms with Crippen molar-refractivity contribution in [2.75, 3.05) is 14.1 Å².